The average Bonchev–Trinajstić information content (AvgIpc) is 3.18. The molecule has 0 unspecified atom stereocenters. The lowest BCUT2D eigenvalue weighted by molar-refractivity contribution is 0.391. The maximum absolute atomic E-state index is 12.8. The van der Waals surface area contributed by atoms with E-state index < -0.39 is 0 Å². The summed E-state index contributed by atoms with van der Waals surface area (Å²) >= 11 is 13.4. The Bertz CT molecular complexity index is 1270. The van der Waals surface area contributed by atoms with Gasteiger partial charge in [0.1, 0.15) is 0 Å². The lowest BCUT2D eigenvalue weighted by atomic mass is 10.2. The van der Waals surface area contributed by atoms with Crippen molar-refractivity contribution in [1.82, 2.24) is 19.7 Å². The van der Waals surface area contributed by atoms with Gasteiger partial charge in [-0.3, -0.25) is 9.36 Å². The van der Waals surface area contributed by atoms with Crippen LogP contribution >= 0.6 is 35.0 Å². The Morgan fingerprint density at radius 3 is 2.76 bits per heavy atom. The molecule has 4 aromatic rings. The van der Waals surface area contributed by atoms with Crippen LogP contribution in [0.2, 0.25) is 10.0 Å². The molecule has 29 heavy (non-hydrogen) atoms. The lowest BCUT2D eigenvalue weighted by Gasteiger charge is -2.10. The highest BCUT2D eigenvalue weighted by atomic mass is 35.5. The Labute approximate surface area is 180 Å². The van der Waals surface area contributed by atoms with E-state index in [0.717, 1.165) is 5.56 Å². The summed E-state index contributed by atoms with van der Waals surface area (Å²) in [6.07, 6.45) is 1.65. The molecule has 0 aliphatic carbocycles. The summed E-state index contributed by atoms with van der Waals surface area (Å²) < 4.78 is 6.89. The fraction of sp³-hybridized carbons (Fsp3) is 0.100. The smallest absolute Gasteiger partial charge is 0.262 e. The van der Waals surface area contributed by atoms with E-state index in [-0.39, 0.29) is 5.56 Å². The molecule has 0 fully saturated rings. The SMILES string of the molecule is C=CCn1c(SCc2nc(-c3cccc(Cl)c3)no2)nc2cc(Cl)ccc2c1=O. The Morgan fingerprint density at radius 2 is 1.97 bits per heavy atom. The maximum Gasteiger partial charge on any atom is 0.262 e. The van der Waals surface area contributed by atoms with Gasteiger partial charge in [-0.1, -0.05) is 58.3 Å². The molecule has 0 aliphatic heterocycles. The van der Waals surface area contributed by atoms with Gasteiger partial charge in [-0.25, -0.2) is 4.98 Å². The number of thioether (sulfide) groups is 1. The monoisotopic (exact) mass is 444 g/mol. The molecule has 0 saturated heterocycles. The van der Waals surface area contributed by atoms with Crippen molar-refractivity contribution in [2.45, 2.75) is 17.5 Å². The molecule has 0 atom stereocenters. The van der Waals surface area contributed by atoms with Gasteiger partial charge < -0.3 is 4.52 Å². The van der Waals surface area contributed by atoms with Crippen molar-refractivity contribution in [3.63, 3.8) is 0 Å². The average molecular weight is 445 g/mol. The molecule has 0 saturated carbocycles. The van der Waals surface area contributed by atoms with Gasteiger partial charge in [0.25, 0.3) is 5.56 Å². The number of hydrogen-bond donors (Lipinski definition) is 0. The van der Waals surface area contributed by atoms with Crippen LogP contribution < -0.4 is 5.56 Å². The Balaban J connectivity index is 1.63. The van der Waals surface area contributed by atoms with Gasteiger partial charge in [0, 0.05) is 22.2 Å². The second-order valence-corrected chi connectivity index (χ2v) is 7.89. The molecule has 0 aliphatic rings. The van der Waals surface area contributed by atoms with E-state index in [1.165, 1.54) is 11.8 Å². The number of allylic oxidation sites excluding steroid dienone is 1. The van der Waals surface area contributed by atoms with Gasteiger partial charge in [0.05, 0.1) is 16.7 Å². The molecule has 0 radical (unpaired) electrons. The summed E-state index contributed by atoms with van der Waals surface area (Å²) in [7, 11) is 0. The van der Waals surface area contributed by atoms with Gasteiger partial charge in [-0.15, -0.1) is 6.58 Å². The number of aromatic nitrogens is 4. The summed E-state index contributed by atoms with van der Waals surface area (Å²) in [5.41, 5.74) is 1.15. The molecule has 2 aromatic heterocycles. The Morgan fingerprint density at radius 1 is 1.14 bits per heavy atom. The molecule has 2 heterocycles. The highest BCUT2D eigenvalue weighted by molar-refractivity contribution is 7.98. The summed E-state index contributed by atoms with van der Waals surface area (Å²) in [5, 5.41) is 6.13. The molecular formula is C20H14Cl2N4O2S. The Kier molecular flexibility index (Phi) is 5.71. The minimum atomic E-state index is -0.154. The molecular weight excluding hydrogens is 431 g/mol. The van der Waals surface area contributed by atoms with E-state index in [9.17, 15) is 4.79 Å². The third-order valence-corrected chi connectivity index (χ3v) is 5.50. The largest absolute Gasteiger partial charge is 0.338 e. The predicted molar refractivity (Wildman–Crippen MR) is 116 cm³/mol. The van der Waals surface area contributed by atoms with Crippen LogP contribution in [0.3, 0.4) is 0 Å². The van der Waals surface area contributed by atoms with E-state index in [0.29, 0.717) is 50.1 Å². The zero-order valence-electron chi connectivity index (χ0n) is 15.0. The fourth-order valence-electron chi connectivity index (χ4n) is 2.76. The third-order valence-electron chi connectivity index (χ3n) is 4.07. The molecule has 146 valence electrons. The quantitative estimate of drug-likeness (QED) is 0.230. The summed E-state index contributed by atoms with van der Waals surface area (Å²) in [4.78, 5) is 21.8. The van der Waals surface area contributed by atoms with Gasteiger partial charge in [-0.2, -0.15) is 4.98 Å². The van der Waals surface area contributed by atoms with Crippen molar-refractivity contribution in [2.75, 3.05) is 0 Å². The number of halogens is 2. The van der Waals surface area contributed by atoms with Crippen molar-refractivity contribution in [3.05, 3.63) is 81.4 Å². The van der Waals surface area contributed by atoms with E-state index >= 15 is 0 Å². The highest BCUT2D eigenvalue weighted by Crippen LogP contribution is 2.25. The fourth-order valence-corrected chi connectivity index (χ4v) is 3.96. The maximum atomic E-state index is 12.8. The number of rotatable bonds is 6. The van der Waals surface area contributed by atoms with Gasteiger partial charge >= 0.3 is 0 Å². The summed E-state index contributed by atoms with van der Waals surface area (Å²) in [6, 6.07) is 12.2. The minimum Gasteiger partial charge on any atom is -0.338 e. The molecule has 0 bridgehead atoms. The molecule has 4 rings (SSSR count). The molecule has 2 aromatic carbocycles. The molecule has 0 spiro atoms. The van der Waals surface area contributed by atoms with Crippen LogP contribution in [0.5, 0.6) is 0 Å². The second kappa shape index (κ2) is 8.41. The predicted octanol–water partition coefficient (Wildman–Crippen LogP) is 5.23. The van der Waals surface area contributed by atoms with Crippen LogP contribution in [-0.4, -0.2) is 19.7 Å². The first kappa shape index (κ1) is 19.7. The molecule has 0 amide bonds. The van der Waals surface area contributed by atoms with E-state index in [1.807, 2.05) is 12.1 Å². The van der Waals surface area contributed by atoms with E-state index in [1.54, 1.807) is 41.0 Å². The second-order valence-electron chi connectivity index (χ2n) is 6.07. The number of hydrogen-bond acceptors (Lipinski definition) is 6. The zero-order valence-corrected chi connectivity index (χ0v) is 17.3. The van der Waals surface area contributed by atoms with Crippen LogP contribution in [0.1, 0.15) is 5.89 Å². The number of fused-ring (bicyclic) bond motifs is 1. The normalized spacial score (nSPS) is 11.1. The molecule has 6 nitrogen and oxygen atoms in total. The standard InChI is InChI=1S/C20H14Cl2N4O2S/c1-2-8-26-19(27)15-7-6-14(22)10-16(15)23-20(26)29-11-17-24-18(25-28-17)12-4-3-5-13(21)9-12/h2-7,9-10H,1,8,11H2. The van der Waals surface area contributed by atoms with Crippen molar-refractivity contribution < 1.29 is 4.52 Å². The van der Waals surface area contributed by atoms with Crippen LogP contribution in [0.15, 0.2) is 69.6 Å². The third kappa shape index (κ3) is 4.22. The van der Waals surface area contributed by atoms with Crippen LogP contribution in [0, 0.1) is 0 Å². The van der Waals surface area contributed by atoms with Crippen LogP contribution in [-0.2, 0) is 12.3 Å². The Hall–Kier alpha value is -2.61. The lowest BCUT2D eigenvalue weighted by Crippen LogP contribution is -2.22. The van der Waals surface area contributed by atoms with Crippen molar-refractivity contribution in [2.24, 2.45) is 0 Å². The first-order chi connectivity index (χ1) is 14.0. The molecule has 0 N–H and O–H groups in total. The van der Waals surface area contributed by atoms with Gasteiger partial charge in [0.2, 0.25) is 11.7 Å². The first-order valence-electron chi connectivity index (χ1n) is 8.57. The van der Waals surface area contributed by atoms with Crippen LogP contribution in [0.25, 0.3) is 22.3 Å². The first-order valence-corrected chi connectivity index (χ1v) is 10.3. The van der Waals surface area contributed by atoms with E-state index in [2.05, 4.69) is 21.7 Å². The minimum absolute atomic E-state index is 0.154. The van der Waals surface area contributed by atoms with Crippen LogP contribution in [0.4, 0.5) is 0 Å². The number of nitrogens with zero attached hydrogens (tertiary/aromatic N) is 4. The van der Waals surface area contributed by atoms with Gasteiger partial charge in [-0.05, 0) is 30.3 Å². The topological polar surface area (TPSA) is 73.8 Å². The van der Waals surface area contributed by atoms with Crippen molar-refractivity contribution in [1.29, 1.82) is 0 Å². The highest BCUT2D eigenvalue weighted by Gasteiger charge is 2.14. The van der Waals surface area contributed by atoms with Gasteiger partial charge in [0.15, 0.2) is 5.16 Å². The van der Waals surface area contributed by atoms with Crippen molar-refractivity contribution in [3.8, 4) is 11.4 Å². The molecule has 9 heteroatoms. The van der Waals surface area contributed by atoms with Crippen molar-refractivity contribution >= 4 is 45.9 Å². The number of benzene rings is 2. The summed E-state index contributed by atoms with van der Waals surface area (Å²) in [5.74, 6) is 1.21. The summed E-state index contributed by atoms with van der Waals surface area (Å²) in [6.45, 7) is 4.06. The van der Waals surface area contributed by atoms with E-state index in [4.69, 9.17) is 27.7 Å². The zero-order chi connectivity index (χ0) is 20.4.